The van der Waals surface area contributed by atoms with Gasteiger partial charge in [0.05, 0.1) is 59.5 Å². The zero-order chi connectivity index (χ0) is 64.5. The van der Waals surface area contributed by atoms with E-state index >= 15 is 0 Å². The highest BCUT2D eigenvalue weighted by molar-refractivity contribution is 5.01. The van der Waals surface area contributed by atoms with Gasteiger partial charge in [0, 0.05) is 0 Å². The molecule has 514 valence electrons. The minimum Gasteiger partial charge on any atom is -0.394 e. The largest absolute Gasteiger partial charge is 0.394 e. The molecule has 0 radical (unpaired) electrons. The summed E-state index contributed by atoms with van der Waals surface area (Å²) >= 11 is 0. The van der Waals surface area contributed by atoms with Gasteiger partial charge in [-0.25, -0.2) is 0 Å². The van der Waals surface area contributed by atoms with Crippen molar-refractivity contribution in [2.75, 3.05) is 59.5 Å². The van der Waals surface area contributed by atoms with Crippen molar-refractivity contribution in [1.29, 1.82) is 0 Å². The lowest BCUT2D eigenvalue weighted by Crippen LogP contribution is -2.68. The molecule has 0 aromatic carbocycles. The topological polar surface area (TPSA) is 644 Å². The predicted molar refractivity (Wildman–Crippen MR) is 263 cm³/mol. The summed E-state index contributed by atoms with van der Waals surface area (Å²) < 4.78 is 83.8. The van der Waals surface area contributed by atoms with E-state index in [1.54, 1.807) is 0 Å². The molecule has 8 heterocycles. The fourth-order valence-electron chi connectivity index (χ4n) is 11.4. The van der Waals surface area contributed by atoms with Gasteiger partial charge in [-0.1, -0.05) is 0 Å². The Morgan fingerprint density at radius 2 is 0.386 bits per heavy atom. The molecule has 39 unspecified atom stereocenters. The van der Waals surface area contributed by atoms with Crippen molar-refractivity contribution in [2.24, 2.45) is 0 Å². The Bertz CT molecular complexity index is 2080. The van der Waals surface area contributed by atoms with Gasteiger partial charge < -0.3 is 199 Å². The van der Waals surface area contributed by atoms with Gasteiger partial charge in [0.1, 0.15) is 195 Å². The summed E-state index contributed by atoms with van der Waals surface area (Å²) in [6.07, 6.45) is -74.6. The number of hydrogen-bond acceptors (Lipinski definition) is 40. The van der Waals surface area contributed by atoms with E-state index in [1.807, 2.05) is 0 Å². The van der Waals surface area contributed by atoms with Crippen LogP contribution >= 0.6 is 0 Å². The van der Waals surface area contributed by atoms with Gasteiger partial charge >= 0.3 is 0 Å². The standard InChI is InChI=1S/C48H82O40/c49-1-11-20(59)21(60)28(67)42(75-11)83-36-13(3-51)77-44(30(69)23(36)62)85-38-15(5-53)79-46(32(71)25(38)64)87-40-17(7-55)81-48(34(73)27(40)66)88-41-18(8-56)80-47(33(72)26(41)65)86-39-16(6-54)78-45(31(70)24(39)63)84-37-14(4-52)76-43(29(68)22(37)61)82-35-12(2-50)74-9-10(57)19(35)58/h10-73H,1-9H2. The lowest BCUT2D eigenvalue weighted by molar-refractivity contribution is -0.398. The summed E-state index contributed by atoms with van der Waals surface area (Å²) in [6, 6.07) is 0. The molecule has 0 aromatic heterocycles. The van der Waals surface area contributed by atoms with Gasteiger partial charge in [-0.2, -0.15) is 0 Å². The van der Waals surface area contributed by atoms with Crippen molar-refractivity contribution in [3.63, 3.8) is 0 Å². The maximum absolute atomic E-state index is 11.4. The molecule has 8 fully saturated rings. The van der Waals surface area contributed by atoms with E-state index in [9.17, 15) is 128 Å². The number of rotatable bonds is 22. The van der Waals surface area contributed by atoms with E-state index in [-0.39, 0.29) is 6.61 Å². The van der Waals surface area contributed by atoms with E-state index in [4.69, 9.17) is 71.1 Å². The Morgan fingerprint density at radius 3 is 0.591 bits per heavy atom. The highest BCUT2D eigenvalue weighted by Crippen LogP contribution is 2.38. The molecule has 25 N–H and O–H groups in total. The molecule has 0 spiro atoms. The van der Waals surface area contributed by atoms with Crippen molar-refractivity contribution < 1.29 is 199 Å². The molecule has 8 saturated heterocycles. The smallest absolute Gasteiger partial charge is 0.187 e. The van der Waals surface area contributed by atoms with Gasteiger partial charge in [-0.05, 0) is 0 Å². The minimum atomic E-state index is -2.26. The first-order valence-electron chi connectivity index (χ1n) is 28.1. The lowest BCUT2D eigenvalue weighted by Gasteiger charge is -2.50. The summed E-state index contributed by atoms with van der Waals surface area (Å²) in [5, 5.41) is 267. The third-order valence-corrected chi connectivity index (χ3v) is 16.6. The van der Waals surface area contributed by atoms with Gasteiger partial charge in [-0.3, -0.25) is 0 Å². The normalized spacial score (nSPS) is 53.2. The molecule has 39 atom stereocenters. The number of aliphatic hydroxyl groups is 25. The van der Waals surface area contributed by atoms with E-state index in [0.29, 0.717) is 0 Å². The van der Waals surface area contributed by atoms with Crippen molar-refractivity contribution in [3.05, 3.63) is 0 Å². The van der Waals surface area contributed by atoms with Gasteiger partial charge in [0.25, 0.3) is 0 Å². The second-order valence-electron chi connectivity index (χ2n) is 22.3. The molecular weight excluding hydrogens is 1220 g/mol. The molecule has 88 heavy (non-hydrogen) atoms. The predicted octanol–water partition coefficient (Wildman–Crippen LogP) is -17.8. The first-order valence-corrected chi connectivity index (χ1v) is 28.1. The molecule has 0 aliphatic carbocycles. The minimum absolute atomic E-state index is 0.379. The van der Waals surface area contributed by atoms with E-state index in [0.717, 1.165) is 0 Å². The second-order valence-corrected chi connectivity index (χ2v) is 22.3. The molecule has 40 heteroatoms. The van der Waals surface area contributed by atoms with Crippen LogP contribution in [0.4, 0.5) is 0 Å². The Labute approximate surface area is 496 Å². The molecule has 8 rings (SSSR count). The van der Waals surface area contributed by atoms with Crippen molar-refractivity contribution in [3.8, 4) is 0 Å². The Kier molecular flexibility index (Phi) is 25.7. The van der Waals surface area contributed by atoms with Crippen LogP contribution in [-0.2, 0) is 71.1 Å². The van der Waals surface area contributed by atoms with Crippen LogP contribution in [0.5, 0.6) is 0 Å². The zero-order valence-corrected chi connectivity index (χ0v) is 46.2. The molecule has 40 nitrogen and oxygen atoms in total. The monoisotopic (exact) mass is 1300 g/mol. The number of ether oxygens (including phenoxy) is 15. The van der Waals surface area contributed by atoms with Crippen LogP contribution in [0, 0.1) is 0 Å². The fourth-order valence-corrected chi connectivity index (χ4v) is 11.4. The van der Waals surface area contributed by atoms with Crippen molar-refractivity contribution in [1.82, 2.24) is 0 Å². The van der Waals surface area contributed by atoms with Crippen LogP contribution < -0.4 is 0 Å². The third kappa shape index (κ3) is 14.8. The molecule has 0 amide bonds. The Morgan fingerprint density at radius 1 is 0.205 bits per heavy atom. The van der Waals surface area contributed by atoms with E-state index in [2.05, 4.69) is 0 Å². The van der Waals surface area contributed by atoms with Crippen LogP contribution in [0.2, 0.25) is 0 Å². The molecule has 8 aliphatic heterocycles. The lowest BCUT2D eigenvalue weighted by atomic mass is 9.95. The SMILES string of the molecule is OCC1OC(OC2C(CO)OC(OC3C(CO)OC(OC4C(CO)OC(OC5C(CO)OC(OC6C(CO)OC(OC7C(CO)OC(OC8C(CO)OCC(O)C8O)C(O)C7O)C(O)C6O)C(O)C5O)C(O)C4O)C(O)C3O)C(O)C2O)C(O)C(O)C1O. The highest BCUT2D eigenvalue weighted by Gasteiger charge is 2.59. The van der Waals surface area contributed by atoms with Crippen LogP contribution in [0.3, 0.4) is 0 Å². The number of hydrogen-bond donors (Lipinski definition) is 25. The van der Waals surface area contributed by atoms with Crippen LogP contribution in [-0.4, -0.2) is 426 Å². The van der Waals surface area contributed by atoms with E-state index < -0.39 is 292 Å². The Hall–Kier alpha value is -1.60. The summed E-state index contributed by atoms with van der Waals surface area (Å²) in [7, 11) is 0. The fraction of sp³-hybridized carbons (Fsp3) is 1.00. The molecule has 0 aromatic rings. The first-order chi connectivity index (χ1) is 41.8. The summed E-state index contributed by atoms with van der Waals surface area (Å²) in [4.78, 5) is 0. The molecule has 0 bridgehead atoms. The quantitative estimate of drug-likeness (QED) is 0.0479. The average Bonchev–Trinajstić information content (AvgIpc) is 2.53. The third-order valence-electron chi connectivity index (χ3n) is 16.6. The molecule has 0 saturated carbocycles. The van der Waals surface area contributed by atoms with Gasteiger partial charge in [0.15, 0.2) is 44.0 Å². The van der Waals surface area contributed by atoms with Crippen LogP contribution in [0.15, 0.2) is 0 Å². The zero-order valence-electron chi connectivity index (χ0n) is 46.2. The van der Waals surface area contributed by atoms with Gasteiger partial charge in [-0.15, -0.1) is 0 Å². The van der Waals surface area contributed by atoms with Crippen LogP contribution in [0.25, 0.3) is 0 Å². The van der Waals surface area contributed by atoms with Crippen molar-refractivity contribution in [2.45, 2.75) is 239 Å². The van der Waals surface area contributed by atoms with Crippen molar-refractivity contribution >= 4 is 0 Å². The molecule has 8 aliphatic rings. The summed E-state index contributed by atoms with van der Waals surface area (Å²) in [6.45, 7) is -8.19. The highest BCUT2D eigenvalue weighted by atomic mass is 16.8. The summed E-state index contributed by atoms with van der Waals surface area (Å²) in [5.41, 5.74) is 0. The first kappa shape index (κ1) is 72.2. The average molecular weight is 1300 g/mol. The number of aliphatic hydroxyl groups excluding tert-OH is 25. The maximum Gasteiger partial charge on any atom is 0.187 e. The summed E-state index contributed by atoms with van der Waals surface area (Å²) in [5.74, 6) is 0. The van der Waals surface area contributed by atoms with Gasteiger partial charge in [0.2, 0.25) is 0 Å². The second kappa shape index (κ2) is 31.3. The van der Waals surface area contributed by atoms with E-state index in [1.165, 1.54) is 0 Å². The molecular formula is C48H82O40. The van der Waals surface area contributed by atoms with Crippen LogP contribution in [0.1, 0.15) is 0 Å². The maximum atomic E-state index is 11.4. The Balaban J connectivity index is 0.850.